The summed E-state index contributed by atoms with van der Waals surface area (Å²) in [6.07, 6.45) is -3.58. The number of halogens is 4. The molecule has 0 unspecified atom stereocenters. The first-order valence-corrected chi connectivity index (χ1v) is 4.01. The molecule has 1 aromatic rings. The van der Waals surface area contributed by atoms with Crippen molar-refractivity contribution >= 4 is 23.8 Å². The second-order valence-electron chi connectivity index (χ2n) is 2.44. The largest absolute Gasteiger partial charge is 0.417 e. The third-order valence-electron chi connectivity index (χ3n) is 1.42. The molecule has 2 N–H and O–H groups in total. The Labute approximate surface area is 87.4 Å². The number of nitrogens with zero attached hydrogens (tertiary/aromatic N) is 1. The zero-order chi connectivity index (χ0) is 11.5. The summed E-state index contributed by atoms with van der Waals surface area (Å²) in [6.45, 7) is 0. The molecule has 0 aliphatic heterocycles. The van der Waals surface area contributed by atoms with Crippen molar-refractivity contribution in [1.29, 1.82) is 0 Å². The van der Waals surface area contributed by atoms with Gasteiger partial charge in [-0.25, -0.2) is 4.98 Å². The van der Waals surface area contributed by atoms with Gasteiger partial charge in [-0.2, -0.15) is 13.2 Å². The molecule has 0 radical (unpaired) electrons. The number of aromatic nitrogens is 1. The highest BCUT2D eigenvalue weighted by Crippen LogP contribution is 2.31. The van der Waals surface area contributed by atoms with Crippen LogP contribution in [-0.2, 0) is 11.0 Å². The highest BCUT2D eigenvalue weighted by atomic mass is 35.5. The van der Waals surface area contributed by atoms with E-state index < -0.39 is 11.7 Å². The normalized spacial score (nSPS) is 10.9. The van der Waals surface area contributed by atoms with E-state index in [1.165, 1.54) is 0 Å². The monoisotopic (exact) mass is 239 g/mol. The van der Waals surface area contributed by atoms with Crippen LogP contribution in [0.2, 0.25) is 5.02 Å². The number of rotatable bonds is 3. The summed E-state index contributed by atoms with van der Waals surface area (Å²) in [4.78, 5) is 13.3. The molecule has 4 nitrogen and oxygen atoms in total. The zero-order valence-corrected chi connectivity index (χ0v) is 7.86. The lowest BCUT2D eigenvalue weighted by molar-refractivity contribution is -0.137. The van der Waals surface area contributed by atoms with E-state index in [1.54, 1.807) is 0 Å². The molecule has 1 amide bonds. The van der Waals surface area contributed by atoms with Crippen molar-refractivity contribution in [2.45, 2.75) is 6.18 Å². The number of alkyl halides is 3. The zero-order valence-electron chi connectivity index (χ0n) is 7.10. The minimum absolute atomic E-state index is 0.0585. The molecule has 0 aliphatic carbocycles. The first-order valence-electron chi connectivity index (χ1n) is 3.63. The van der Waals surface area contributed by atoms with Crippen molar-refractivity contribution in [3.05, 3.63) is 22.8 Å². The van der Waals surface area contributed by atoms with E-state index in [9.17, 15) is 18.0 Å². The lowest BCUT2D eigenvalue weighted by Crippen LogP contribution is -2.20. The quantitative estimate of drug-likeness (QED) is 0.625. The van der Waals surface area contributed by atoms with E-state index in [0.717, 1.165) is 0 Å². The van der Waals surface area contributed by atoms with Crippen molar-refractivity contribution in [3.8, 4) is 0 Å². The van der Waals surface area contributed by atoms with Crippen LogP contribution in [0.25, 0.3) is 0 Å². The predicted octanol–water partition coefficient (Wildman–Crippen LogP) is 1.83. The molecular weight excluding hydrogens is 235 g/mol. The smallest absolute Gasteiger partial charge is 0.281 e. The first kappa shape index (κ1) is 11.6. The van der Waals surface area contributed by atoms with Gasteiger partial charge in [0.25, 0.3) is 0 Å². The van der Waals surface area contributed by atoms with Crippen molar-refractivity contribution in [2.24, 2.45) is 0 Å². The molecular formula is C7H5ClF3N3O. The topological polar surface area (TPSA) is 54.0 Å². The number of anilines is 1. The molecule has 8 heteroatoms. The van der Waals surface area contributed by atoms with E-state index in [2.05, 4.69) is 10.4 Å². The molecule has 15 heavy (non-hydrogen) atoms. The number of amides is 1. The summed E-state index contributed by atoms with van der Waals surface area (Å²) in [5, 5.41) is -0.237. The second-order valence-corrected chi connectivity index (χ2v) is 2.85. The van der Waals surface area contributed by atoms with Crippen LogP contribution in [0, 0.1) is 0 Å². The SMILES string of the molecule is O=CNNc1ncc(C(F)(F)F)cc1Cl. The molecule has 0 spiro atoms. The van der Waals surface area contributed by atoms with Gasteiger partial charge in [-0.1, -0.05) is 11.6 Å². The Balaban J connectivity index is 2.93. The van der Waals surface area contributed by atoms with E-state index in [1.807, 2.05) is 5.43 Å². The van der Waals surface area contributed by atoms with Gasteiger partial charge < -0.3 is 0 Å². The summed E-state index contributed by atoms with van der Waals surface area (Å²) >= 11 is 5.49. The number of hydrazine groups is 1. The minimum Gasteiger partial charge on any atom is -0.281 e. The van der Waals surface area contributed by atoms with Gasteiger partial charge >= 0.3 is 6.18 Å². The Morgan fingerprint density at radius 1 is 1.47 bits per heavy atom. The molecule has 0 atom stereocenters. The van der Waals surface area contributed by atoms with E-state index >= 15 is 0 Å². The highest BCUT2D eigenvalue weighted by Gasteiger charge is 2.31. The average Bonchev–Trinajstić information content (AvgIpc) is 2.14. The van der Waals surface area contributed by atoms with Crippen molar-refractivity contribution in [1.82, 2.24) is 10.4 Å². The molecule has 1 aromatic heterocycles. The summed E-state index contributed by atoms with van der Waals surface area (Å²) in [5.74, 6) is -0.0585. The Morgan fingerprint density at radius 3 is 2.60 bits per heavy atom. The van der Waals surface area contributed by atoms with Gasteiger partial charge in [-0.15, -0.1) is 0 Å². The molecule has 0 saturated heterocycles. The van der Waals surface area contributed by atoms with Crippen molar-refractivity contribution < 1.29 is 18.0 Å². The third kappa shape index (κ3) is 2.98. The second kappa shape index (κ2) is 4.35. The fourth-order valence-corrected chi connectivity index (χ4v) is 0.996. The van der Waals surface area contributed by atoms with Crippen LogP contribution in [0.1, 0.15) is 5.56 Å². The maximum absolute atomic E-state index is 12.2. The van der Waals surface area contributed by atoms with E-state index in [0.29, 0.717) is 18.7 Å². The van der Waals surface area contributed by atoms with Crippen molar-refractivity contribution in [3.63, 3.8) is 0 Å². The predicted molar refractivity (Wildman–Crippen MR) is 47.1 cm³/mol. The number of hydrogen-bond acceptors (Lipinski definition) is 3. The van der Waals surface area contributed by atoms with E-state index in [-0.39, 0.29) is 10.8 Å². The Kier molecular flexibility index (Phi) is 3.35. The maximum atomic E-state index is 12.2. The fourth-order valence-electron chi connectivity index (χ4n) is 0.783. The summed E-state index contributed by atoms with van der Waals surface area (Å²) in [5.41, 5.74) is 3.26. The molecule has 0 fully saturated rings. The van der Waals surface area contributed by atoms with Gasteiger partial charge in [0, 0.05) is 6.20 Å². The lowest BCUT2D eigenvalue weighted by atomic mass is 10.3. The van der Waals surface area contributed by atoms with Gasteiger partial charge in [-0.05, 0) is 6.07 Å². The van der Waals surface area contributed by atoms with Crippen LogP contribution >= 0.6 is 11.6 Å². The molecule has 0 aromatic carbocycles. The van der Waals surface area contributed by atoms with Crippen LogP contribution in [-0.4, -0.2) is 11.4 Å². The molecule has 82 valence electrons. The summed E-state index contributed by atoms with van der Waals surface area (Å²) in [7, 11) is 0. The maximum Gasteiger partial charge on any atom is 0.417 e. The highest BCUT2D eigenvalue weighted by molar-refractivity contribution is 6.32. The van der Waals surface area contributed by atoms with Gasteiger partial charge in [0.15, 0.2) is 5.82 Å². The number of hydrogen-bond donors (Lipinski definition) is 2. The standard InChI is InChI=1S/C7H5ClF3N3O/c8-5-1-4(7(9,10)11)2-12-6(5)14-13-3-15/h1-3H,(H,12,14)(H,13,15). The minimum atomic E-state index is -4.49. The van der Waals surface area contributed by atoms with Gasteiger partial charge in [-0.3, -0.25) is 15.6 Å². The summed E-state index contributed by atoms with van der Waals surface area (Å²) < 4.78 is 36.5. The first-order chi connectivity index (χ1) is 6.95. The van der Waals surface area contributed by atoms with Crippen LogP contribution < -0.4 is 10.9 Å². The molecule has 1 rings (SSSR count). The van der Waals surface area contributed by atoms with Gasteiger partial charge in [0.2, 0.25) is 6.41 Å². The molecule has 1 heterocycles. The van der Waals surface area contributed by atoms with Crippen LogP contribution in [0.3, 0.4) is 0 Å². The van der Waals surface area contributed by atoms with Gasteiger partial charge in [0.05, 0.1) is 10.6 Å². The fraction of sp³-hybridized carbons (Fsp3) is 0.143. The number of carbonyl (C=O) groups is 1. The molecule has 0 aliphatic rings. The van der Waals surface area contributed by atoms with Gasteiger partial charge in [0.1, 0.15) is 0 Å². The summed E-state index contributed by atoms with van der Waals surface area (Å²) in [6, 6.07) is 0.712. The Hall–Kier alpha value is -1.50. The Morgan fingerprint density at radius 2 is 2.13 bits per heavy atom. The van der Waals surface area contributed by atoms with Crippen LogP contribution in [0.4, 0.5) is 19.0 Å². The van der Waals surface area contributed by atoms with Crippen molar-refractivity contribution in [2.75, 3.05) is 5.43 Å². The number of nitrogens with one attached hydrogen (secondary N) is 2. The van der Waals surface area contributed by atoms with Crippen LogP contribution in [0.5, 0.6) is 0 Å². The van der Waals surface area contributed by atoms with E-state index in [4.69, 9.17) is 11.6 Å². The third-order valence-corrected chi connectivity index (χ3v) is 1.71. The molecule has 0 saturated carbocycles. The van der Waals surface area contributed by atoms with Crippen LogP contribution in [0.15, 0.2) is 12.3 Å². The number of carbonyl (C=O) groups excluding carboxylic acids is 1. The molecule has 0 bridgehead atoms. The lowest BCUT2D eigenvalue weighted by Gasteiger charge is -2.09. The average molecular weight is 240 g/mol. The Bertz CT molecular complexity index is 369. The number of pyridine rings is 1.